The maximum absolute atomic E-state index is 6.36. The van der Waals surface area contributed by atoms with Crippen molar-refractivity contribution in [1.29, 1.82) is 0 Å². The van der Waals surface area contributed by atoms with Crippen LogP contribution in [0, 0.1) is 0 Å². The first-order valence-electron chi connectivity index (χ1n) is 9.41. The van der Waals surface area contributed by atoms with Gasteiger partial charge in [0.05, 0.1) is 0 Å². The van der Waals surface area contributed by atoms with Crippen LogP contribution in [0.25, 0.3) is 0 Å². The van der Waals surface area contributed by atoms with Crippen molar-refractivity contribution in [3.05, 3.63) is 60.2 Å². The molecule has 0 amide bonds. The van der Waals surface area contributed by atoms with Gasteiger partial charge in [0.15, 0.2) is 0 Å². The molecule has 23 heavy (non-hydrogen) atoms. The van der Waals surface area contributed by atoms with Gasteiger partial charge in [-0.15, -0.1) is 0 Å². The second kappa shape index (κ2) is 10.4. The molecule has 0 fully saturated rings. The van der Waals surface area contributed by atoms with E-state index in [0.29, 0.717) is 0 Å². The molecule has 0 aliphatic heterocycles. The van der Waals surface area contributed by atoms with Gasteiger partial charge in [-0.2, -0.15) is 0 Å². The number of hydrogen-bond acceptors (Lipinski definition) is 1. The number of rotatable bonds is 11. The lowest BCUT2D eigenvalue weighted by atomic mass is 9.87. The molecule has 0 saturated carbocycles. The van der Waals surface area contributed by atoms with Crippen molar-refractivity contribution in [1.82, 2.24) is 0 Å². The van der Waals surface area contributed by atoms with E-state index in [1.54, 1.807) is 0 Å². The maximum atomic E-state index is 6.36. The molecule has 0 spiro atoms. The monoisotopic (exact) mass is 312 g/mol. The van der Waals surface area contributed by atoms with E-state index in [9.17, 15) is 0 Å². The highest BCUT2D eigenvalue weighted by Crippen LogP contribution is 2.34. The lowest BCUT2D eigenvalue weighted by molar-refractivity contribution is -0.0131. The van der Waals surface area contributed by atoms with Crippen LogP contribution in [0.3, 0.4) is 0 Å². The van der Waals surface area contributed by atoms with Gasteiger partial charge in [0.1, 0.15) is 5.60 Å². The molecular formula is C22H32O. The minimum atomic E-state index is -0.253. The van der Waals surface area contributed by atoms with Crippen molar-refractivity contribution in [3.8, 4) is 0 Å². The summed E-state index contributed by atoms with van der Waals surface area (Å²) < 4.78 is 6.36. The summed E-state index contributed by atoms with van der Waals surface area (Å²) in [5.74, 6) is 0. The van der Waals surface area contributed by atoms with Gasteiger partial charge in [-0.25, -0.2) is 0 Å². The molecule has 126 valence electrons. The lowest BCUT2D eigenvalue weighted by Crippen LogP contribution is -2.28. The maximum Gasteiger partial charge on any atom is 0.115 e. The largest absolute Gasteiger partial charge is 0.366 e. The second-order valence-corrected chi connectivity index (χ2v) is 6.57. The van der Waals surface area contributed by atoms with E-state index in [2.05, 4.69) is 61.6 Å². The molecular weight excluding hydrogens is 280 g/mol. The number of unbranched alkanes of at least 4 members (excludes halogenated alkanes) is 7. The Balaban J connectivity index is 1.71. The minimum Gasteiger partial charge on any atom is -0.366 e. The Hall–Kier alpha value is -1.34. The van der Waals surface area contributed by atoms with Crippen LogP contribution < -0.4 is 0 Å². The Bertz CT molecular complexity index is 474. The predicted molar refractivity (Wildman–Crippen MR) is 99.6 cm³/mol. The van der Waals surface area contributed by atoms with E-state index in [1.807, 2.05) is 0 Å². The van der Waals surface area contributed by atoms with Crippen LogP contribution in [-0.4, -0.2) is 6.61 Å². The summed E-state index contributed by atoms with van der Waals surface area (Å²) in [6.07, 6.45) is 20.3. The standard InChI is InChI=1S/C22H32O/c1-2-3-4-5-6-7-8-15-20-23-22(18-13-10-14-19-22)21-16-11-9-12-17-21/h9-14,16-18H,2-8,15,19-20H2,1H3. The number of benzene rings is 1. The molecule has 1 nitrogen and oxygen atoms in total. The zero-order chi connectivity index (χ0) is 16.2. The van der Waals surface area contributed by atoms with Gasteiger partial charge in [0.25, 0.3) is 0 Å². The van der Waals surface area contributed by atoms with Gasteiger partial charge in [0.2, 0.25) is 0 Å². The highest BCUT2D eigenvalue weighted by Gasteiger charge is 2.29. The molecule has 1 aromatic carbocycles. The van der Waals surface area contributed by atoms with Crippen molar-refractivity contribution in [2.24, 2.45) is 0 Å². The molecule has 2 rings (SSSR count). The van der Waals surface area contributed by atoms with E-state index >= 15 is 0 Å². The molecule has 0 saturated heterocycles. The summed E-state index contributed by atoms with van der Waals surface area (Å²) in [5.41, 5.74) is 1.01. The van der Waals surface area contributed by atoms with E-state index < -0.39 is 0 Å². The molecule has 0 aromatic heterocycles. The van der Waals surface area contributed by atoms with Crippen LogP contribution >= 0.6 is 0 Å². The molecule has 1 aliphatic carbocycles. The molecule has 1 aliphatic rings. The summed E-state index contributed by atoms with van der Waals surface area (Å²) in [4.78, 5) is 0. The fraction of sp³-hybridized carbons (Fsp3) is 0.545. The van der Waals surface area contributed by atoms with E-state index in [1.165, 1.54) is 56.9 Å². The van der Waals surface area contributed by atoms with E-state index in [0.717, 1.165) is 13.0 Å². The number of ether oxygens (including phenoxy) is 1. The summed E-state index contributed by atoms with van der Waals surface area (Å²) in [6, 6.07) is 10.6. The van der Waals surface area contributed by atoms with Crippen LogP contribution in [0.5, 0.6) is 0 Å². The Kier molecular flexibility index (Phi) is 8.17. The van der Waals surface area contributed by atoms with Crippen molar-refractivity contribution in [2.45, 2.75) is 70.3 Å². The normalized spacial score (nSPS) is 20.0. The second-order valence-electron chi connectivity index (χ2n) is 6.57. The molecule has 1 atom stereocenters. The average Bonchev–Trinajstić information content (AvgIpc) is 2.62. The minimum absolute atomic E-state index is 0.253. The van der Waals surface area contributed by atoms with E-state index in [4.69, 9.17) is 4.74 Å². The predicted octanol–water partition coefficient (Wildman–Crippen LogP) is 6.56. The highest BCUT2D eigenvalue weighted by atomic mass is 16.5. The summed E-state index contributed by atoms with van der Waals surface area (Å²) in [6.45, 7) is 3.12. The SMILES string of the molecule is CCCCCCCCCCOC1(c2ccccc2)C=CC=CC1. The first-order chi connectivity index (χ1) is 11.4. The van der Waals surface area contributed by atoms with Crippen LogP contribution in [0.1, 0.15) is 70.3 Å². The third-order valence-electron chi connectivity index (χ3n) is 4.65. The van der Waals surface area contributed by atoms with Crippen molar-refractivity contribution in [2.75, 3.05) is 6.61 Å². The molecule has 0 N–H and O–H groups in total. The molecule has 1 heteroatoms. The number of hydrogen-bond donors (Lipinski definition) is 0. The van der Waals surface area contributed by atoms with Gasteiger partial charge >= 0.3 is 0 Å². The van der Waals surface area contributed by atoms with Crippen LogP contribution in [0.4, 0.5) is 0 Å². The summed E-state index contributed by atoms with van der Waals surface area (Å²) >= 11 is 0. The first kappa shape index (κ1) is 18.0. The molecule has 0 bridgehead atoms. The van der Waals surface area contributed by atoms with Gasteiger partial charge in [-0.05, 0) is 18.1 Å². The fourth-order valence-corrected chi connectivity index (χ4v) is 3.22. The van der Waals surface area contributed by atoms with Crippen molar-refractivity contribution >= 4 is 0 Å². The zero-order valence-corrected chi connectivity index (χ0v) is 14.7. The molecule has 0 radical (unpaired) electrons. The van der Waals surface area contributed by atoms with Gasteiger partial charge in [-0.1, -0.05) is 100 Å². The van der Waals surface area contributed by atoms with Crippen LogP contribution in [0.2, 0.25) is 0 Å². The molecule has 1 unspecified atom stereocenters. The van der Waals surface area contributed by atoms with Gasteiger partial charge < -0.3 is 4.74 Å². The fourth-order valence-electron chi connectivity index (χ4n) is 3.22. The lowest BCUT2D eigenvalue weighted by Gasteiger charge is -2.32. The average molecular weight is 312 g/mol. The Morgan fingerprint density at radius 3 is 2.22 bits per heavy atom. The van der Waals surface area contributed by atoms with Crippen molar-refractivity contribution in [3.63, 3.8) is 0 Å². The summed E-state index contributed by atoms with van der Waals surface area (Å²) in [5, 5.41) is 0. The van der Waals surface area contributed by atoms with Crippen molar-refractivity contribution < 1.29 is 4.74 Å². The third kappa shape index (κ3) is 5.99. The highest BCUT2D eigenvalue weighted by molar-refractivity contribution is 5.32. The smallest absolute Gasteiger partial charge is 0.115 e. The van der Waals surface area contributed by atoms with Crippen LogP contribution in [-0.2, 0) is 10.3 Å². The zero-order valence-electron chi connectivity index (χ0n) is 14.7. The Morgan fingerprint density at radius 1 is 0.870 bits per heavy atom. The number of allylic oxidation sites excluding steroid dienone is 2. The Morgan fingerprint density at radius 2 is 1.57 bits per heavy atom. The molecule has 0 heterocycles. The van der Waals surface area contributed by atoms with E-state index in [-0.39, 0.29) is 5.60 Å². The third-order valence-corrected chi connectivity index (χ3v) is 4.65. The Labute approximate surface area is 142 Å². The van der Waals surface area contributed by atoms with Gasteiger partial charge in [0, 0.05) is 13.0 Å². The first-order valence-corrected chi connectivity index (χ1v) is 9.41. The quantitative estimate of drug-likeness (QED) is 0.421. The summed E-state index contributed by atoms with van der Waals surface area (Å²) in [7, 11) is 0. The van der Waals surface area contributed by atoms with Crippen LogP contribution in [0.15, 0.2) is 54.6 Å². The van der Waals surface area contributed by atoms with Gasteiger partial charge in [-0.3, -0.25) is 0 Å². The molecule has 1 aromatic rings. The topological polar surface area (TPSA) is 9.23 Å².